The molecule has 1 aromatic carbocycles. The number of rotatable bonds is 16. The average Bonchev–Trinajstić information content (AvgIpc) is 4.10. The van der Waals surface area contributed by atoms with E-state index in [1.54, 1.807) is 43.5 Å². The Balaban J connectivity index is 0.961. The van der Waals surface area contributed by atoms with E-state index in [-0.39, 0.29) is 82.8 Å². The van der Waals surface area contributed by atoms with Gasteiger partial charge in [-0.2, -0.15) is 0 Å². The van der Waals surface area contributed by atoms with Crippen LogP contribution in [0, 0.1) is 0 Å². The number of methoxy groups -OCH3 is 2. The fourth-order valence-corrected chi connectivity index (χ4v) is 8.45. The highest BCUT2D eigenvalue weighted by atomic mass is 32.1. The van der Waals surface area contributed by atoms with Crippen LogP contribution in [0.1, 0.15) is 86.8 Å². The minimum atomic E-state index is -0.911. The van der Waals surface area contributed by atoms with Crippen LogP contribution >= 0.6 is 11.3 Å². The molecule has 3 N–H and O–H groups in total. The molecule has 0 spiro atoms. The number of nitrogens with zero attached hydrogens (tertiary/aromatic N) is 5. The standard InChI is InChI=1S/C43H50N8O12S/c1-6-15-62-43(57)51-30-21-34(33(58-4)20-27(30)39(55)50-14-9-11-29(50)40(51)63-36-13-7-8-16-61-36)60-17-10-12-35(52)47-42-46-28(24-64-42)37(53)44-25-18-31(48(2)22-25)38(54)45-26-19-32(41(56)59-5)49(3)23-26/h6,18-24,29,36,40H,1,7-17H2,2-5H3,(H,44,53)(H,45,54)(H,46,47,52)/t29-,36?,40?/m0/s1. The van der Waals surface area contributed by atoms with E-state index >= 15 is 0 Å². The van der Waals surface area contributed by atoms with Crippen LogP contribution < -0.4 is 30.3 Å². The lowest BCUT2D eigenvalue weighted by Gasteiger charge is -2.38. The van der Waals surface area contributed by atoms with Gasteiger partial charge in [-0.15, -0.1) is 11.3 Å². The molecule has 3 atom stereocenters. The number of benzene rings is 1. The van der Waals surface area contributed by atoms with E-state index in [9.17, 15) is 28.8 Å². The van der Waals surface area contributed by atoms with Crippen molar-refractivity contribution in [3.05, 3.63) is 77.3 Å². The predicted octanol–water partition coefficient (Wildman–Crippen LogP) is 5.53. The molecule has 21 heteroatoms. The second-order valence-electron chi connectivity index (χ2n) is 15.2. The molecule has 2 saturated heterocycles. The predicted molar refractivity (Wildman–Crippen MR) is 233 cm³/mol. The Hall–Kier alpha value is -6.71. The molecule has 0 radical (unpaired) electrons. The number of thiazole rings is 1. The summed E-state index contributed by atoms with van der Waals surface area (Å²) in [5.41, 5.74) is 1.71. The zero-order chi connectivity index (χ0) is 45.5. The number of esters is 1. The Morgan fingerprint density at radius 1 is 0.938 bits per heavy atom. The van der Waals surface area contributed by atoms with E-state index in [1.165, 1.54) is 51.8 Å². The van der Waals surface area contributed by atoms with Crippen molar-refractivity contribution in [3.63, 3.8) is 0 Å². The molecule has 6 heterocycles. The van der Waals surface area contributed by atoms with Crippen molar-refractivity contribution < 1.29 is 57.2 Å². The average molecular weight is 903 g/mol. The summed E-state index contributed by atoms with van der Waals surface area (Å²) >= 11 is 1.07. The highest BCUT2D eigenvalue weighted by molar-refractivity contribution is 7.14. The number of anilines is 4. The largest absolute Gasteiger partial charge is 0.493 e. The molecular weight excluding hydrogens is 853 g/mol. The number of ether oxygens (including phenoxy) is 6. The molecule has 20 nitrogen and oxygen atoms in total. The summed E-state index contributed by atoms with van der Waals surface area (Å²) < 4.78 is 37.6. The van der Waals surface area contributed by atoms with Gasteiger partial charge in [0, 0.05) is 57.5 Å². The Labute approximate surface area is 372 Å². The smallest absolute Gasteiger partial charge is 0.416 e. The molecule has 340 valence electrons. The van der Waals surface area contributed by atoms with Gasteiger partial charge in [0.1, 0.15) is 23.7 Å². The third-order valence-electron chi connectivity index (χ3n) is 10.8. The fourth-order valence-electron chi connectivity index (χ4n) is 7.75. The minimum Gasteiger partial charge on any atom is -0.493 e. The van der Waals surface area contributed by atoms with Gasteiger partial charge in [0.25, 0.3) is 17.7 Å². The molecule has 0 aliphatic carbocycles. The van der Waals surface area contributed by atoms with Crippen LogP contribution in [0.4, 0.5) is 27.0 Å². The molecular formula is C43H50N8O12S. The summed E-state index contributed by atoms with van der Waals surface area (Å²) in [6.45, 7) is 4.67. The van der Waals surface area contributed by atoms with Crippen LogP contribution in [0.2, 0.25) is 0 Å². The maximum atomic E-state index is 14.1. The molecule has 4 aromatic rings. The van der Waals surface area contributed by atoms with Gasteiger partial charge < -0.3 is 58.4 Å². The van der Waals surface area contributed by atoms with Gasteiger partial charge >= 0.3 is 12.1 Å². The van der Waals surface area contributed by atoms with Crippen molar-refractivity contribution in [2.75, 3.05) is 61.4 Å². The van der Waals surface area contributed by atoms with Crippen molar-refractivity contribution >= 4 is 69.2 Å². The van der Waals surface area contributed by atoms with Crippen LogP contribution in [0.25, 0.3) is 0 Å². The lowest BCUT2D eigenvalue weighted by atomic mass is 10.1. The van der Waals surface area contributed by atoms with Gasteiger partial charge in [0.2, 0.25) is 5.91 Å². The molecule has 2 fully saturated rings. The van der Waals surface area contributed by atoms with Crippen molar-refractivity contribution in [1.82, 2.24) is 19.0 Å². The Morgan fingerprint density at radius 3 is 2.41 bits per heavy atom. The third kappa shape index (κ3) is 10.1. The lowest BCUT2D eigenvalue weighted by Crippen LogP contribution is -2.54. The van der Waals surface area contributed by atoms with Crippen LogP contribution in [-0.4, -0.2) is 114 Å². The van der Waals surface area contributed by atoms with Gasteiger partial charge in [0.15, 0.2) is 29.1 Å². The molecule has 5 amide bonds. The number of aryl methyl sites for hydroxylation is 2. The van der Waals surface area contributed by atoms with E-state index in [0.29, 0.717) is 37.4 Å². The van der Waals surface area contributed by atoms with Crippen LogP contribution in [0.3, 0.4) is 0 Å². The number of carbonyl (C=O) groups excluding carboxylic acids is 6. The summed E-state index contributed by atoms with van der Waals surface area (Å²) in [5, 5.41) is 9.84. The van der Waals surface area contributed by atoms with E-state index in [0.717, 1.165) is 30.6 Å². The number of hydrogen-bond acceptors (Lipinski definition) is 14. The number of nitrogens with one attached hydrogen (secondary N) is 3. The summed E-state index contributed by atoms with van der Waals surface area (Å²) in [7, 11) is 6.00. The third-order valence-corrected chi connectivity index (χ3v) is 11.6. The second-order valence-corrected chi connectivity index (χ2v) is 16.0. The summed E-state index contributed by atoms with van der Waals surface area (Å²) in [4.78, 5) is 86.3. The highest BCUT2D eigenvalue weighted by Gasteiger charge is 2.48. The quantitative estimate of drug-likeness (QED) is 0.0716. The molecule has 2 unspecified atom stereocenters. The van der Waals surface area contributed by atoms with Gasteiger partial charge in [-0.25, -0.2) is 19.5 Å². The van der Waals surface area contributed by atoms with Crippen molar-refractivity contribution in [2.24, 2.45) is 14.1 Å². The van der Waals surface area contributed by atoms with Gasteiger partial charge in [-0.3, -0.25) is 19.2 Å². The first-order valence-corrected chi connectivity index (χ1v) is 21.6. The van der Waals surface area contributed by atoms with Gasteiger partial charge in [-0.1, -0.05) is 12.7 Å². The molecule has 3 aromatic heterocycles. The summed E-state index contributed by atoms with van der Waals surface area (Å²) in [5.74, 6) is -1.74. The Morgan fingerprint density at radius 2 is 1.69 bits per heavy atom. The van der Waals surface area contributed by atoms with E-state index in [2.05, 4.69) is 27.5 Å². The number of amides is 5. The molecule has 0 saturated carbocycles. The summed E-state index contributed by atoms with van der Waals surface area (Å²) in [6, 6.07) is 5.63. The first-order valence-electron chi connectivity index (χ1n) is 20.7. The molecule has 64 heavy (non-hydrogen) atoms. The maximum absolute atomic E-state index is 14.1. The fraction of sp³-hybridized carbons (Fsp3) is 0.419. The number of aromatic nitrogens is 3. The first kappa shape index (κ1) is 45.3. The molecule has 3 aliphatic rings. The number of hydrogen-bond donors (Lipinski definition) is 3. The van der Waals surface area contributed by atoms with Crippen molar-refractivity contribution in [1.29, 1.82) is 0 Å². The number of carbonyl (C=O) groups is 6. The maximum Gasteiger partial charge on any atom is 0.416 e. The molecule has 0 bridgehead atoms. The Kier molecular flexibility index (Phi) is 14.3. The zero-order valence-corrected chi connectivity index (χ0v) is 36.7. The second kappa shape index (κ2) is 20.2. The highest BCUT2D eigenvalue weighted by Crippen LogP contribution is 2.42. The summed E-state index contributed by atoms with van der Waals surface area (Å²) in [6.07, 6.45) is 6.46. The lowest BCUT2D eigenvalue weighted by molar-refractivity contribution is -0.195. The van der Waals surface area contributed by atoms with E-state index in [1.807, 2.05) is 0 Å². The van der Waals surface area contributed by atoms with Crippen LogP contribution in [-0.2, 0) is 37.8 Å². The van der Waals surface area contributed by atoms with Crippen molar-refractivity contribution in [3.8, 4) is 11.5 Å². The molecule has 7 rings (SSSR count). The normalized spacial score (nSPS) is 18.0. The minimum absolute atomic E-state index is 0.0304. The van der Waals surface area contributed by atoms with Crippen LogP contribution in [0.15, 0.2) is 54.7 Å². The molecule has 3 aliphatic heterocycles. The topological polar surface area (TPSA) is 223 Å². The zero-order valence-electron chi connectivity index (χ0n) is 35.9. The number of fused-ring (bicyclic) bond motifs is 2. The van der Waals surface area contributed by atoms with Gasteiger partial charge in [-0.05, 0) is 56.7 Å². The monoisotopic (exact) mass is 902 g/mol. The van der Waals surface area contributed by atoms with E-state index in [4.69, 9.17) is 28.4 Å². The Bertz CT molecular complexity index is 2420. The SMILES string of the molecule is C=CCOC(=O)N1c2cc(OCCCC(=O)Nc3nc(C(=O)Nc4cc(C(=O)Nc5cc(C(=O)OC)n(C)c5)n(C)c4)cs3)c(OC)cc2C(=O)N2CCC[C@H]2C1OC1CCCCO1. The van der Waals surface area contributed by atoms with Crippen LogP contribution in [0.5, 0.6) is 11.5 Å². The first-order chi connectivity index (χ1) is 30.9. The van der Waals surface area contributed by atoms with Gasteiger partial charge in [0.05, 0.1) is 49.5 Å². The van der Waals surface area contributed by atoms with Crippen molar-refractivity contribution in [2.45, 2.75) is 63.5 Å². The van der Waals surface area contributed by atoms with E-state index < -0.39 is 42.4 Å².